The van der Waals surface area contributed by atoms with Crippen molar-refractivity contribution in [2.45, 2.75) is 57.4 Å². The minimum absolute atomic E-state index is 0.0305. The molecular weight excluding hydrogens is 402 g/mol. The third-order valence-corrected chi connectivity index (χ3v) is 6.04. The van der Waals surface area contributed by atoms with E-state index in [0.29, 0.717) is 12.8 Å². The lowest BCUT2D eigenvalue weighted by atomic mass is 9.87. The van der Waals surface area contributed by atoms with Gasteiger partial charge in [-0.15, -0.1) is 6.58 Å². The number of hydrogen-bond donors (Lipinski definition) is 1. The maximum atomic E-state index is 12.9. The molecule has 0 radical (unpaired) electrons. The van der Waals surface area contributed by atoms with Crippen LogP contribution in [-0.4, -0.2) is 30.8 Å². The molecule has 2 aromatic rings. The van der Waals surface area contributed by atoms with Gasteiger partial charge in [0, 0.05) is 5.92 Å². The normalized spacial score (nSPS) is 14.1. The molecule has 1 aliphatic rings. The summed E-state index contributed by atoms with van der Waals surface area (Å²) in [6.45, 7) is 7.97. The van der Waals surface area contributed by atoms with Crippen LogP contribution >= 0.6 is 0 Å². The molecule has 1 amide bonds. The van der Waals surface area contributed by atoms with E-state index in [-0.39, 0.29) is 19.1 Å². The molecule has 0 spiro atoms. The summed E-state index contributed by atoms with van der Waals surface area (Å²) < 4.78 is 11.0. The molecule has 0 saturated carbocycles. The molecule has 0 aromatic heterocycles. The van der Waals surface area contributed by atoms with Crippen LogP contribution in [0.2, 0.25) is 0 Å². The zero-order valence-corrected chi connectivity index (χ0v) is 19.1. The third kappa shape index (κ3) is 5.04. The Hall–Kier alpha value is -3.08. The summed E-state index contributed by atoms with van der Waals surface area (Å²) in [5.41, 5.74) is 3.56. The Morgan fingerprint density at radius 3 is 2.19 bits per heavy atom. The van der Waals surface area contributed by atoms with Crippen molar-refractivity contribution >= 4 is 12.1 Å². The molecule has 5 heteroatoms. The highest BCUT2D eigenvalue weighted by atomic mass is 16.6. The van der Waals surface area contributed by atoms with Crippen molar-refractivity contribution < 1.29 is 19.1 Å². The van der Waals surface area contributed by atoms with E-state index in [2.05, 4.69) is 36.2 Å². The molecule has 0 heterocycles. The molecule has 170 valence electrons. The van der Waals surface area contributed by atoms with Gasteiger partial charge in [-0.25, -0.2) is 9.59 Å². The SMILES string of the molecule is C=CCCCC(CCC)(NC(=O)OCC1c2ccccc2-c2ccccc21)C(=O)OCC. The number of hydrogen-bond acceptors (Lipinski definition) is 4. The van der Waals surface area contributed by atoms with Crippen LogP contribution in [0.3, 0.4) is 0 Å². The van der Waals surface area contributed by atoms with Crippen molar-refractivity contribution in [2.24, 2.45) is 0 Å². The number of ether oxygens (including phenoxy) is 2. The second kappa shape index (κ2) is 11.0. The molecule has 0 fully saturated rings. The van der Waals surface area contributed by atoms with Crippen molar-refractivity contribution in [1.82, 2.24) is 5.32 Å². The van der Waals surface area contributed by atoms with E-state index in [1.807, 2.05) is 37.3 Å². The fraction of sp³-hybridized carbons (Fsp3) is 0.407. The van der Waals surface area contributed by atoms with Gasteiger partial charge in [0.25, 0.3) is 0 Å². The zero-order valence-electron chi connectivity index (χ0n) is 19.1. The third-order valence-electron chi connectivity index (χ3n) is 6.04. The van der Waals surface area contributed by atoms with E-state index in [4.69, 9.17) is 9.47 Å². The number of unbranched alkanes of at least 4 members (excludes halogenated alkanes) is 1. The van der Waals surface area contributed by atoms with Gasteiger partial charge in [0.2, 0.25) is 0 Å². The van der Waals surface area contributed by atoms with Crippen LogP contribution in [0.1, 0.15) is 63.0 Å². The zero-order chi connectivity index (χ0) is 23.0. The van der Waals surface area contributed by atoms with Gasteiger partial charge in [-0.2, -0.15) is 0 Å². The number of fused-ring (bicyclic) bond motifs is 3. The molecule has 1 unspecified atom stereocenters. The van der Waals surface area contributed by atoms with Crippen LogP contribution in [0.15, 0.2) is 61.2 Å². The van der Waals surface area contributed by atoms with E-state index in [1.54, 1.807) is 6.92 Å². The lowest BCUT2D eigenvalue weighted by molar-refractivity contribution is -0.151. The van der Waals surface area contributed by atoms with Gasteiger partial charge >= 0.3 is 12.1 Å². The highest BCUT2D eigenvalue weighted by molar-refractivity contribution is 5.86. The van der Waals surface area contributed by atoms with Crippen molar-refractivity contribution in [3.63, 3.8) is 0 Å². The minimum atomic E-state index is -1.09. The first-order chi connectivity index (χ1) is 15.6. The largest absolute Gasteiger partial charge is 0.464 e. The van der Waals surface area contributed by atoms with Crippen molar-refractivity contribution in [3.8, 4) is 11.1 Å². The smallest absolute Gasteiger partial charge is 0.408 e. The number of allylic oxidation sites excluding steroid dienone is 1. The van der Waals surface area contributed by atoms with Gasteiger partial charge in [-0.1, -0.05) is 68.0 Å². The van der Waals surface area contributed by atoms with Crippen LogP contribution in [0.25, 0.3) is 11.1 Å². The molecule has 5 nitrogen and oxygen atoms in total. The number of amides is 1. The van der Waals surface area contributed by atoms with Crippen molar-refractivity contribution in [1.29, 1.82) is 0 Å². The monoisotopic (exact) mass is 435 g/mol. The maximum absolute atomic E-state index is 12.9. The number of nitrogens with one attached hydrogen (secondary N) is 1. The molecule has 0 saturated heterocycles. The highest BCUT2D eigenvalue weighted by Gasteiger charge is 2.41. The lowest BCUT2D eigenvalue weighted by Gasteiger charge is -2.32. The van der Waals surface area contributed by atoms with E-state index < -0.39 is 17.6 Å². The summed E-state index contributed by atoms with van der Waals surface area (Å²) >= 11 is 0. The number of alkyl carbamates (subject to hydrolysis) is 1. The number of carbonyl (C=O) groups is 2. The van der Waals surface area contributed by atoms with Crippen LogP contribution < -0.4 is 5.32 Å². The summed E-state index contributed by atoms with van der Waals surface area (Å²) in [5, 5.41) is 2.88. The van der Waals surface area contributed by atoms with E-state index in [9.17, 15) is 9.59 Å². The number of carbonyl (C=O) groups excluding carboxylic acids is 2. The first-order valence-electron chi connectivity index (χ1n) is 11.5. The van der Waals surface area contributed by atoms with Gasteiger partial charge < -0.3 is 14.8 Å². The quantitative estimate of drug-likeness (QED) is 0.268. The number of rotatable bonds is 11. The molecule has 1 aliphatic carbocycles. The molecule has 0 aliphatic heterocycles. The second-order valence-electron chi connectivity index (χ2n) is 8.18. The average molecular weight is 436 g/mol. The van der Waals surface area contributed by atoms with E-state index >= 15 is 0 Å². The fourth-order valence-corrected chi connectivity index (χ4v) is 4.58. The average Bonchev–Trinajstić information content (AvgIpc) is 3.12. The van der Waals surface area contributed by atoms with Gasteiger partial charge in [0.15, 0.2) is 0 Å². The predicted molar refractivity (Wildman–Crippen MR) is 127 cm³/mol. The summed E-state index contributed by atoms with van der Waals surface area (Å²) in [6.07, 6.45) is 4.42. The summed E-state index contributed by atoms with van der Waals surface area (Å²) in [5.74, 6) is -0.434. The Morgan fingerprint density at radius 1 is 1.00 bits per heavy atom. The molecule has 1 atom stereocenters. The van der Waals surface area contributed by atoms with Crippen LogP contribution in [0.4, 0.5) is 4.79 Å². The van der Waals surface area contributed by atoms with Crippen LogP contribution in [-0.2, 0) is 14.3 Å². The second-order valence-corrected chi connectivity index (χ2v) is 8.18. The highest BCUT2D eigenvalue weighted by Crippen LogP contribution is 2.44. The fourth-order valence-electron chi connectivity index (χ4n) is 4.58. The molecule has 32 heavy (non-hydrogen) atoms. The Bertz CT molecular complexity index is 909. The first-order valence-corrected chi connectivity index (χ1v) is 11.5. The standard InChI is InChI=1S/C27H33NO4/c1-4-7-12-18-27(17-5-2,25(29)31-6-3)28-26(30)32-19-24-22-15-10-8-13-20(22)21-14-9-11-16-23(21)24/h4,8-11,13-16,24H,1,5-7,12,17-19H2,2-3H3,(H,28,30). The summed E-state index contributed by atoms with van der Waals surface area (Å²) in [4.78, 5) is 25.7. The van der Waals surface area contributed by atoms with Crippen molar-refractivity contribution in [2.75, 3.05) is 13.2 Å². The molecule has 1 N–H and O–H groups in total. The van der Waals surface area contributed by atoms with Gasteiger partial charge in [0.1, 0.15) is 12.1 Å². The number of benzene rings is 2. The molecule has 0 bridgehead atoms. The molecule has 2 aromatic carbocycles. The van der Waals surface area contributed by atoms with E-state index in [1.165, 1.54) is 11.1 Å². The maximum Gasteiger partial charge on any atom is 0.408 e. The predicted octanol–water partition coefficient (Wildman–Crippen LogP) is 5.98. The van der Waals surface area contributed by atoms with Crippen molar-refractivity contribution in [3.05, 3.63) is 72.3 Å². The van der Waals surface area contributed by atoms with Crippen LogP contribution in [0.5, 0.6) is 0 Å². The Kier molecular flexibility index (Phi) is 8.09. The van der Waals surface area contributed by atoms with Gasteiger partial charge in [0.05, 0.1) is 6.61 Å². The lowest BCUT2D eigenvalue weighted by Crippen LogP contribution is -2.55. The number of esters is 1. The first kappa shape index (κ1) is 23.6. The Morgan fingerprint density at radius 2 is 1.62 bits per heavy atom. The van der Waals surface area contributed by atoms with E-state index in [0.717, 1.165) is 30.4 Å². The molecular formula is C27H33NO4. The summed E-state index contributed by atoms with van der Waals surface area (Å²) in [6, 6.07) is 16.4. The Balaban J connectivity index is 1.75. The minimum Gasteiger partial charge on any atom is -0.464 e. The topological polar surface area (TPSA) is 64.6 Å². The van der Waals surface area contributed by atoms with Crippen LogP contribution in [0, 0.1) is 0 Å². The Labute approximate surface area is 190 Å². The summed E-state index contributed by atoms with van der Waals surface area (Å²) in [7, 11) is 0. The molecule has 3 rings (SSSR count). The van der Waals surface area contributed by atoms with Gasteiger partial charge in [-0.3, -0.25) is 0 Å². The van der Waals surface area contributed by atoms with Gasteiger partial charge in [-0.05, 0) is 54.9 Å².